The minimum Gasteiger partial charge on any atom is -0.468 e. The first-order chi connectivity index (χ1) is 8.42. The topological polar surface area (TPSA) is 69.0 Å². The molecule has 1 atom stereocenters. The number of rotatable bonds is 6. The van der Waals surface area contributed by atoms with Crippen molar-refractivity contribution in [3.63, 3.8) is 0 Å². The van der Waals surface area contributed by atoms with E-state index in [-0.39, 0.29) is 5.97 Å². The number of aromatic nitrogens is 3. The van der Waals surface area contributed by atoms with Crippen LogP contribution in [0.3, 0.4) is 0 Å². The normalized spacial score (nSPS) is 14.3. The van der Waals surface area contributed by atoms with Crippen LogP contribution in [0.5, 0.6) is 0 Å². The first-order valence-corrected chi connectivity index (χ1v) is 6.14. The summed E-state index contributed by atoms with van der Waals surface area (Å²) in [5, 5.41) is 7.50. The molecule has 1 heterocycles. The Hall–Kier alpha value is -1.43. The van der Waals surface area contributed by atoms with Crippen LogP contribution in [0.2, 0.25) is 0 Å². The highest BCUT2D eigenvalue weighted by molar-refractivity contribution is 5.80. The molecule has 0 aliphatic rings. The van der Waals surface area contributed by atoms with E-state index in [0.717, 1.165) is 18.8 Å². The highest BCUT2D eigenvalue weighted by Gasteiger charge is 2.35. The molecule has 1 aromatic heterocycles. The number of nitrogens with zero attached hydrogens (tertiary/aromatic N) is 3. The maximum Gasteiger partial charge on any atom is 0.327 e. The summed E-state index contributed by atoms with van der Waals surface area (Å²) in [5.74, 6) is 1.21. The third kappa shape index (κ3) is 3.29. The van der Waals surface area contributed by atoms with Gasteiger partial charge in [-0.1, -0.05) is 6.92 Å². The lowest BCUT2D eigenvalue weighted by atomic mass is 10.0. The summed E-state index contributed by atoms with van der Waals surface area (Å²) in [4.78, 5) is 16.1. The van der Waals surface area contributed by atoms with Gasteiger partial charge in [-0.05, 0) is 33.7 Å². The standard InChI is InChI=1S/C12H22N4O2/c1-6-7-13-12(4,11(17)18-5)8-16-10(3)14-9(2)15-16/h13H,6-8H2,1-5H3. The molecule has 1 N–H and O–H groups in total. The predicted molar refractivity (Wildman–Crippen MR) is 68.2 cm³/mol. The molecule has 0 aliphatic carbocycles. The molecule has 1 aromatic rings. The average molecular weight is 254 g/mol. The zero-order chi connectivity index (χ0) is 13.8. The molecule has 0 aromatic carbocycles. The fourth-order valence-corrected chi connectivity index (χ4v) is 1.83. The van der Waals surface area contributed by atoms with E-state index < -0.39 is 5.54 Å². The van der Waals surface area contributed by atoms with Crippen molar-refractivity contribution >= 4 is 5.97 Å². The van der Waals surface area contributed by atoms with Gasteiger partial charge >= 0.3 is 5.97 Å². The zero-order valence-electron chi connectivity index (χ0n) is 11.8. The maximum atomic E-state index is 11.9. The van der Waals surface area contributed by atoms with Gasteiger partial charge in [0.15, 0.2) is 0 Å². The quantitative estimate of drug-likeness (QED) is 0.761. The van der Waals surface area contributed by atoms with Crippen molar-refractivity contribution in [3.8, 4) is 0 Å². The molecular formula is C12H22N4O2. The van der Waals surface area contributed by atoms with Gasteiger partial charge in [-0.25, -0.2) is 14.5 Å². The van der Waals surface area contributed by atoms with Crippen molar-refractivity contribution in [2.24, 2.45) is 0 Å². The largest absolute Gasteiger partial charge is 0.468 e. The number of nitrogens with one attached hydrogen (secondary N) is 1. The molecule has 102 valence electrons. The second kappa shape index (κ2) is 5.95. The van der Waals surface area contributed by atoms with Gasteiger partial charge in [-0.15, -0.1) is 0 Å². The van der Waals surface area contributed by atoms with Gasteiger partial charge in [-0.2, -0.15) is 5.10 Å². The molecule has 0 saturated heterocycles. The van der Waals surface area contributed by atoms with Crippen LogP contribution < -0.4 is 5.32 Å². The van der Waals surface area contributed by atoms with Crippen molar-refractivity contribution in [3.05, 3.63) is 11.6 Å². The third-order valence-electron chi connectivity index (χ3n) is 2.83. The Morgan fingerprint density at radius 2 is 2.17 bits per heavy atom. The fourth-order valence-electron chi connectivity index (χ4n) is 1.83. The van der Waals surface area contributed by atoms with E-state index in [2.05, 4.69) is 22.3 Å². The first-order valence-electron chi connectivity index (χ1n) is 6.14. The van der Waals surface area contributed by atoms with Crippen LogP contribution in [0, 0.1) is 13.8 Å². The number of carbonyl (C=O) groups excluding carboxylic acids is 1. The molecule has 1 rings (SSSR count). The van der Waals surface area contributed by atoms with Gasteiger partial charge in [-0.3, -0.25) is 0 Å². The molecule has 6 heteroatoms. The van der Waals surface area contributed by atoms with E-state index in [4.69, 9.17) is 4.74 Å². The summed E-state index contributed by atoms with van der Waals surface area (Å²) in [6, 6.07) is 0. The summed E-state index contributed by atoms with van der Waals surface area (Å²) < 4.78 is 6.60. The molecule has 1 unspecified atom stereocenters. The molecule has 0 saturated carbocycles. The van der Waals surface area contributed by atoms with Crippen LogP contribution in [0.15, 0.2) is 0 Å². The molecule has 0 radical (unpaired) electrons. The van der Waals surface area contributed by atoms with Crippen molar-refractivity contribution in [1.82, 2.24) is 20.1 Å². The summed E-state index contributed by atoms with van der Waals surface area (Å²) in [7, 11) is 1.40. The summed E-state index contributed by atoms with van der Waals surface area (Å²) >= 11 is 0. The highest BCUT2D eigenvalue weighted by atomic mass is 16.5. The van der Waals surface area contributed by atoms with Crippen LogP contribution in [0.1, 0.15) is 31.9 Å². The monoisotopic (exact) mass is 254 g/mol. The van der Waals surface area contributed by atoms with E-state index >= 15 is 0 Å². The first kappa shape index (κ1) is 14.6. The lowest BCUT2D eigenvalue weighted by Gasteiger charge is -2.28. The number of hydrogen-bond acceptors (Lipinski definition) is 5. The molecule has 0 amide bonds. The van der Waals surface area contributed by atoms with Crippen LogP contribution in [0.4, 0.5) is 0 Å². The molecule has 0 aliphatic heterocycles. The molecule has 0 fully saturated rings. The Morgan fingerprint density at radius 3 is 2.61 bits per heavy atom. The molecule has 6 nitrogen and oxygen atoms in total. The molecule has 0 bridgehead atoms. The molecule has 18 heavy (non-hydrogen) atoms. The van der Waals surface area contributed by atoms with Gasteiger partial charge in [0.25, 0.3) is 0 Å². The maximum absolute atomic E-state index is 11.9. The smallest absolute Gasteiger partial charge is 0.327 e. The number of ether oxygens (including phenoxy) is 1. The van der Waals surface area contributed by atoms with Gasteiger partial charge in [0.2, 0.25) is 0 Å². The summed E-state index contributed by atoms with van der Waals surface area (Å²) in [5.41, 5.74) is -0.782. The van der Waals surface area contributed by atoms with Crippen LogP contribution in [0.25, 0.3) is 0 Å². The van der Waals surface area contributed by atoms with Crippen LogP contribution in [-0.2, 0) is 16.1 Å². The Kier molecular flexibility index (Phi) is 4.84. The number of aryl methyl sites for hydroxylation is 2. The average Bonchev–Trinajstić information content (AvgIpc) is 2.64. The second-order valence-corrected chi connectivity index (χ2v) is 4.61. The van der Waals surface area contributed by atoms with E-state index in [1.165, 1.54) is 7.11 Å². The van der Waals surface area contributed by atoms with Gasteiger partial charge in [0.1, 0.15) is 17.2 Å². The number of hydrogen-bond donors (Lipinski definition) is 1. The Labute approximate surface area is 108 Å². The summed E-state index contributed by atoms with van der Waals surface area (Å²) in [6.07, 6.45) is 0.946. The lowest BCUT2D eigenvalue weighted by Crippen LogP contribution is -2.53. The van der Waals surface area contributed by atoms with E-state index in [9.17, 15) is 4.79 Å². The SMILES string of the molecule is CCCNC(C)(Cn1nc(C)nc1C)C(=O)OC. The van der Waals surface area contributed by atoms with E-state index in [1.54, 1.807) is 4.68 Å². The number of methoxy groups -OCH3 is 1. The Morgan fingerprint density at radius 1 is 1.50 bits per heavy atom. The minimum atomic E-state index is -0.782. The Balaban J connectivity index is 2.90. The van der Waals surface area contributed by atoms with Gasteiger partial charge in [0, 0.05) is 0 Å². The van der Waals surface area contributed by atoms with E-state index in [0.29, 0.717) is 12.4 Å². The number of esters is 1. The minimum absolute atomic E-state index is 0.288. The summed E-state index contributed by atoms with van der Waals surface area (Å²) in [6.45, 7) is 8.74. The van der Waals surface area contributed by atoms with Gasteiger partial charge in [0.05, 0.1) is 13.7 Å². The second-order valence-electron chi connectivity index (χ2n) is 4.61. The third-order valence-corrected chi connectivity index (χ3v) is 2.83. The lowest BCUT2D eigenvalue weighted by molar-refractivity contribution is -0.148. The molecular weight excluding hydrogens is 232 g/mol. The number of carbonyl (C=O) groups is 1. The van der Waals surface area contributed by atoms with Crippen molar-refractivity contribution in [2.45, 2.75) is 46.2 Å². The zero-order valence-corrected chi connectivity index (χ0v) is 11.8. The van der Waals surface area contributed by atoms with Crippen molar-refractivity contribution in [2.75, 3.05) is 13.7 Å². The highest BCUT2D eigenvalue weighted by Crippen LogP contribution is 2.11. The van der Waals surface area contributed by atoms with Crippen molar-refractivity contribution < 1.29 is 9.53 Å². The fraction of sp³-hybridized carbons (Fsp3) is 0.750. The van der Waals surface area contributed by atoms with E-state index in [1.807, 2.05) is 20.8 Å². The Bertz CT molecular complexity index is 416. The van der Waals surface area contributed by atoms with Crippen molar-refractivity contribution in [1.29, 1.82) is 0 Å². The molecule has 0 spiro atoms. The van der Waals surface area contributed by atoms with Gasteiger partial charge < -0.3 is 10.1 Å². The van der Waals surface area contributed by atoms with Crippen LogP contribution in [-0.4, -0.2) is 39.9 Å². The van der Waals surface area contributed by atoms with Crippen LogP contribution >= 0.6 is 0 Å². The predicted octanol–water partition coefficient (Wildman–Crippen LogP) is 0.826.